The van der Waals surface area contributed by atoms with Crippen LogP contribution < -0.4 is 0 Å². The first-order valence-electron chi connectivity index (χ1n) is 15.8. The molecule has 0 N–H and O–H groups in total. The Morgan fingerprint density at radius 1 is 0.283 bits per heavy atom. The number of nitrogens with zero attached hydrogens (tertiary/aromatic N) is 1. The third-order valence-electron chi connectivity index (χ3n) is 9.32. The van der Waals surface area contributed by atoms with Crippen LogP contribution in [0.1, 0.15) is 0 Å². The maximum absolute atomic E-state index is 4.65. The predicted molar refractivity (Wildman–Crippen MR) is 196 cm³/mol. The van der Waals surface area contributed by atoms with Gasteiger partial charge in [0.2, 0.25) is 0 Å². The quantitative estimate of drug-likeness (QED) is 0.188. The van der Waals surface area contributed by atoms with Gasteiger partial charge in [0.15, 0.2) is 0 Å². The highest BCUT2D eigenvalue weighted by Crippen LogP contribution is 2.45. The van der Waals surface area contributed by atoms with Gasteiger partial charge in [0.25, 0.3) is 0 Å². The van der Waals surface area contributed by atoms with Crippen molar-refractivity contribution in [1.29, 1.82) is 0 Å². The minimum atomic E-state index is 1.16. The zero-order valence-electron chi connectivity index (χ0n) is 25.2. The molecule has 214 valence electrons. The fourth-order valence-corrected chi connectivity index (χ4v) is 7.05. The standard InChI is InChI=1S/C45H29N/c1-2-8-30(9-3-1)33-14-18-34(19-15-33)44-41-24-25-46-29-43(41)45(39-21-17-32-11-5-7-13-36(32)27-39)40-23-22-38(28-42(40)44)37-20-16-31-10-4-6-12-35(31)26-37/h1-29H. The number of hydrogen-bond acceptors (Lipinski definition) is 1. The summed E-state index contributed by atoms with van der Waals surface area (Å²) in [6.45, 7) is 0. The van der Waals surface area contributed by atoms with Crippen LogP contribution in [-0.4, -0.2) is 4.98 Å². The van der Waals surface area contributed by atoms with Crippen molar-refractivity contribution >= 4 is 43.1 Å². The van der Waals surface area contributed by atoms with Gasteiger partial charge in [-0.15, -0.1) is 0 Å². The second-order valence-electron chi connectivity index (χ2n) is 12.0. The van der Waals surface area contributed by atoms with Gasteiger partial charge in [-0.05, 0) is 106 Å². The van der Waals surface area contributed by atoms with E-state index in [0.29, 0.717) is 0 Å². The molecule has 9 aromatic rings. The summed E-state index contributed by atoms with van der Waals surface area (Å²) >= 11 is 0. The minimum Gasteiger partial charge on any atom is -0.264 e. The summed E-state index contributed by atoms with van der Waals surface area (Å²) < 4.78 is 0. The zero-order chi connectivity index (χ0) is 30.5. The molecule has 0 fully saturated rings. The van der Waals surface area contributed by atoms with E-state index < -0.39 is 0 Å². The van der Waals surface area contributed by atoms with Crippen LogP contribution in [0.25, 0.3) is 87.6 Å². The van der Waals surface area contributed by atoms with Gasteiger partial charge in [0.05, 0.1) is 0 Å². The van der Waals surface area contributed by atoms with Gasteiger partial charge in [-0.1, -0.05) is 140 Å². The zero-order valence-corrected chi connectivity index (χ0v) is 25.2. The van der Waals surface area contributed by atoms with E-state index in [0.717, 1.165) is 5.39 Å². The molecule has 0 aliphatic carbocycles. The molecule has 8 aromatic carbocycles. The normalized spacial score (nSPS) is 11.5. The summed E-state index contributed by atoms with van der Waals surface area (Å²) in [7, 11) is 0. The van der Waals surface area contributed by atoms with Crippen LogP contribution in [0.4, 0.5) is 0 Å². The molecular formula is C45H29N. The van der Waals surface area contributed by atoms with Crippen molar-refractivity contribution < 1.29 is 0 Å². The first-order valence-corrected chi connectivity index (χ1v) is 15.8. The second kappa shape index (κ2) is 10.8. The van der Waals surface area contributed by atoms with E-state index in [-0.39, 0.29) is 0 Å². The van der Waals surface area contributed by atoms with Gasteiger partial charge < -0.3 is 0 Å². The Kier molecular flexibility index (Phi) is 6.21. The van der Waals surface area contributed by atoms with Crippen molar-refractivity contribution in [2.45, 2.75) is 0 Å². The van der Waals surface area contributed by atoms with E-state index in [4.69, 9.17) is 0 Å². The predicted octanol–water partition coefficient (Wildman–Crippen LogP) is 12.4. The van der Waals surface area contributed by atoms with Gasteiger partial charge in [-0.3, -0.25) is 4.98 Å². The Hall–Kier alpha value is -6.05. The average molecular weight is 584 g/mol. The summed E-state index contributed by atoms with van der Waals surface area (Å²) in [6.07, 6.45) is 3.96. The monoisotopic (exact) mass is 583 g/mol. The fourth-order valence-electron chi connectivity index (χ4n) is 7.05. The molecule has 0 unspecified atom stereocenters. The van der Waals surface area contributed by atoms with Crippen molar-refractivity contribution in [2.24, 2.45) is 0 Å². The van der Waals surface area contributed by atoms with E-state index in [2.05, 4.69) is 169 Å². The van der Waals surface area contributed by atoms with Crippen LogP contribution in [0.15, 0.2) is 176 Å². The Morgan fingerprint density at radius 3 is 1.52 bits per heavy atom. The number of benzene rings is 8. The van der Waals surface area contributed by atoms with Gasteiger partial charge in [-0.2, -0.15) is 0 Å². The average Bonchev–Trinajstić information content (AvgIpc) is 3.13. The van der Waals surface area contributed by atoms with Crippen LogP contribution >= 0.6 is 0 Å². The van der Waals surface area contributed by atoms with Crippen molar-refractivity contribution in [3.8, 4) is 44.5 Å². The lowest BCUT2D eigenvalue weighted by Gasteiger charge is -2.19. The summed E-state index contributed by atoms with van der Waals surface area (Å²) in [6, 6.07) is 59.5. The highest BCUT2D eigenvalue weighted by Gasteiger charge is 2.18. The molecule has 0 bridgehead atoms. The lowest BCUT2D eigenvalue weighted by Crippen LogP contribution is -1.93. The van der Waals surface area contributed by atoms with Crippen molar-refractivity contribution in [3.05, 3.63) is 176 Å². The maximum atomic E-state index is 4.65. The first kappa shape index (κ1) is 26.4. The van der Waals surface area contributed by atoms with Crippen molar-refractivity contribution in [2.75, 3.05) is 0 Å². The molecule has 1 heteroatoms. The Labute approximate surface area is 268 Å². The van der Waals surface area contributed by atoms with E-state index in [1.54, 1.807) is 0 Å². The lowest BCUT2D eigenvalue weighted by molar-refractivity contribution is 1.37. The molecule has 1 nitrogen and oxygen atoms in total. The molecule has 9 rings (SSSR count). The molecule has 0 saturated heterocycles. The number of rotatable bonds is 4. The van der Waals surface area contributed by atoms with Crippen molar-refractivity contribution in [3.63, 3.8) is 0 Å². The molecule has 1 heterocycles. The van der Waals surface area contributed by atoms with Crippen LogP contribution in [0.3, 0.4) is 0 Å². The Morgan fingerprint density at radius 2 is 0.783 bits per heavy atom. The van der Waals surface area contributed by atoms with Crippen LogP contribution in [0.5, 0.6) is 0 Å². The largest absolute Gasteiger partial charge is 0.264 e. The molecule has 0 saturated carbocycles. The summed E-state index contributed by atoms with van der Waals surface area (Å²) in [5.74, 6) is 0. The molecule has 0 amide bonds. The van der Waals surface area contributed by atoms with Crippen LogP contribution in [-0.2, 0) is 0 Å². The first-order chi connectivity index (χ1) is 22.8. The Bertz CT molecular complexity index is 2560. The third kappa shape index (κ3) is 4.45. The molecular weight excluding hydrogens is 555 g/mol. The van der Waals surface area contributed by atoms with E-state index >= 15 is 0 Å². The Balaban J connectivity index is 1.34. The van der Waals surface area contributed by atoms with Gasteiger partial charge >= 0.3 is 0 Å². The summed E-state index contributed by atoms with van der Waals surface area (Å²) in [5.41, 5.74) is 9.71. The number of hydrogen-bond donors (Lipinski definition) is 0. The summed E-state index contributed by atoms with van der Waals surface area (Å²) in [5, 5.41) is 9.80. The van der Waals surface area contributed by atoms with E-state index in [1.165, 1.54) is 82.2 Å². The lowest BCUT2D eigenvalue weighted by atomic mass is 9.84. The molecule has 0 atom stereocenters. The molecule has 1 aromatic heterocycles. The third-order valence-corrected chi connectivity index (χ3v) is 9.32. The topological polar surface area (TPSA) is 12.9 Å². The van der Waals surface area contributed by atoms with Crippen molar-refractivity contribution in [1.82, 2.24) is 4.98 Å². The SMILES string of the molecule is c1ccc(-c2ccc(-c3c4ccncc4c(-c4ccc5ccccc5c4)c4ccc(-c5ccc6ccccc6c5)cc34)cc2)cc1. The van der Waals surface area contributed by atoms with Gasteiger partial charge in [0, 0.05) is 17.8 Å². The second-order valence-corrected chi connectivity index (χ2v) is 12.0. The molecule has 46 heavy (non-hydrogen) atoms. The fraction of sp³-hybridized carbons (Fsp3) is 0. The highest BCUT2D eigenvalue weighted by molar-refractivity contribution is 6.22. The molecule has 0 spiro atoms. The van der Waals surface area contributed by atoms with E-state index in [9.17, 15) is 0 Å². The maximum Gasteiger partial charge on any atom is 0.0353 e. The number of aromatic nitrogens is 1. The van der Waals surface area contributed by atoms with Crippen LogP contribution in [0.2, 0.25) is 0 Å². The minimum absolute atomic E-state index is 1.16. The number of fused-ring (bicyclic) bond motifs is 4. The van der Waals surface area contributed by atoms with Crippen LogP contribution in [0, 0.1) is 0 Å². The van der Waals surface area contributed by atoms with Gasteiger partial charge in [-0.25, -0.2) is 0 Å². The molecule has 0 aliphatic rings. The van der Waals surface area contributed by atoms with E-state index in [1.807, 2.05) is 12.4 Å². The molecule has 0 aliphatic heterocycles. The highest BCUT2D eigenvalue weighted by atomic mass is 14.6. The summed E-state index contributed by atoms with van der Waals surface area (Å²) in [4.78, 5) is 4.65. The molecule has 0 radical (unpaired) electrons. The number of pyridine rings is 1. The van der Waals surface area contributed by atoms with Gasteiger partial charge in [0.1, 0.15) is 0 Å². The smallest absolute Gasteiger partial charge is 0.0353 e.